The Kier molecular flexibility index (Phi) is 5.33. The molecule has 1 aliphatic rings. The largest absolute Gasteiger partial charge is 0.377 e. The number of carbonyl (C=O) groups excluding carboxylic acids is 1. The van der Waals surface area contributed by atoms with Gasteiger partial charge in [0.15, 0.2) is 5.82 Å². The van der Waals surface area contributed by atoms with E-state index in [1.54, 1.807) is 0 Å². The van der Waals surface area contributed by atoms with E-state index in [1.807, 2.05) is 11.6 Å². The number of hydrogen-bond acceptors (Lipinski definition) is 4. The second-order valence-corrected chi connectivity index (χ2v) is 5.97. The molecule has 1 saturated heterocycles. The van der Waals surface area contributed by atoms with Crippen LogP contribution in [0.1, 0.15) is 57.6 Å². The van der Waals surface area contributed by atoms with Crippen LogP contribution in [0.15, 0.2) is 0 Å². The predicted molar refractivity (Wildman–Crippen MR) is 79.7 cm³/mol. The summed E-state index contributed by atoms with van der Waals surface area (Å²) < 4.78 is 7.64. The summed E-state index contributed by atoms with van der Waals surface area (Å²) in [5.74, 6) is 2.07. The molecule has 0 aromatic carbocycles. The average Bonchev–Trinajstić information content (AvgIpc) is 2.86. The minimum Gasteiger partial charge on any atom is -0.377 e. The van der Waals surface area contributed by atoms with Gasteiger partial charge in [-0.2, -0.15) is 0 Å². The van der Waals surface area contributed by atoms with Gasteiger partial charge >= 0.3 is 0 Å². The summed E-state index contributed by atoms with van der Waals surface area (Å²) in [6.07, 6.45) is 2.78. The molecular weight excluding hydrogens is 268 g/mol. The fraction of sp³-hybridized carbons (Fsp3) is 0.800. The summed E-state index contributed by atoms with van der Waals surface area (Å²) in [5, 5.41) is 11.3. The molecule has 1 N–H and O–H groups in total. The van der Waals surface area contributed by atoms with E-state index in [1.165, 1.54) is 0 Å². The molecule has 2 heterocycles. The molecule has 0 spiro atoms. The molecule has 0 saturated carbocycles. The van der Waals surface area contributed by atoms with Crippen molar-refractivity contribution in [1.29, 1.82) is 0 Å². The fourth-order valence-corrected chi connectivity index (χ4v) is 2.87. The number of amides is 1. The van der Waals surface area contributed by atoms with E-state index in [2.05, 4.69) is 36.3 Å². The van der Waals surface area contributed by atoms with Gasteiger partial charge in [0.05, 0.1) is 18.6 Å². The quantitative estimate of drug-likeness (QED) is 0.898. The van der Waals surface area contributed by atoms with Crippen LogP contribution in [0.2, 0.25) is 0 Å². The van der Waals surface area contributed by atoms with E-state index in [9.17, 15) is 4.79 Å². The van der Waals surface area contributed by atoms with E-state index < -0.39 is 0 Å². The molecule has 6 heteroatoms. The van der Waals surface area contributed by atoms with Crippen LogP contribution >= 0.6 is 0 Å². The van der Waals surface area contributed by atoms with Crippen LogP contribution in [0.4, 0.5) is 0 Å². The minimum absolute atomic E-state index is 0.0402. The van der Waals surface area contributed by atoms with Gasteiger partial charge in [0.25, 0.3) is 0 Å². The number of carbonyl (C=O) groups is 1. The second kappa shape index (κ2) is 7.02. The van der Waals surface area contributed by atoms with E-state index in [0.29, 0.717) is 12.5 Å². The molecular formula is C15H26N4O2. The lowest BCUT2D eigenvalue weighted by Crippen LogP contribution is -2.41. The van der Waals surface area contributed by atoms with Crippen molar-refractivity contribution in [3.63, 3.8) is 0 Å². The maximum atomic E-state index is 12.3. The van der Waals surface area contributed by atoms with Gasteiger partial charge in [0.2, 0.25) is 5.91 Å². The van der Waals surface area contributed by atoms with Gasteiger partial charge in [0.1, 0.15) is 5.82 Å². The Hall–Kier alpha value is -1.43. The molecule has 0 bridgehead atoms. The van der Waals surface area contributed by atoms with Crippen LogP contribution in [0.25, 0.3) is 0 Å². The molecule has 1 aromatic heterocycles. The lowest BCUT2D eigenvalue weighted by atomic mass is 9.92. The van der Waals surface area contributed by atoms with E-state index >= 15 is 0 Å². The lowest BCUT2D eigenvalue weighted by molar-refractivity contribution is -0.134. The second-order valence-electron chi connectivity index (χ2n) is 5.97. The predicted octanol–water partition coefficient (Wildman–Crippen LogP) is 1.76. The number of rotatable bonds is 5. The first-order chi connectivity index (χ1) is 10.0. The first kappa shape index (κ1) is 15.9. The summed E-state index contributed by atoms with van der Waals surface area (Å²) in [4.78, 5) is 12.3. The summed E-state index contributed by atoms with van der Waals surface area (Å²) in [7, 11) is 1.94. The Balaban J connectivity index is 1.94. The Morgan fingerprint density at radius 1 is 1.48 bits per heavy atom. The van der Waals surface area contributed by atoms with Crippen molar-refractivity contribution in [2.75, 3.05) is 6.61 Å². The number of ether oxygens (including phenoxy) is 1. The first-order valence-corrected chi connectivity index (χ1v) is 7.82. The summed E-state index contributed by atoms with van der Waals surface area (Å²) in [6.45, 7) is 7.41. The highest BCUT2D eigenvalue weighted by molar-refractivity contribution is 5.79. The molecule has 1 amide bonds. The Labute approximate surface area is 126 Å². The molecule has 0 aliphatic carbocycles. The third-order valence-electron chi connectivity index (χ3n) is 4.12. The van der Waals surface area contributed by atoms with Crippen LogP contribution in [0.5, 0.6) is 0 Å². The van der Waals surface area contributed by atoms with Crippen molar-refractivity contribution in [2.45, 2.75) is 58.6 Å². The third kappa shape index (κ3) is 3.61. The van der Waals surface area contributed by atoms with Gasteiger partial charge in [-0.25, -0.2) is 0 Å². The van der Waals surface area contributed by atoms with E-state index in [4.69, 9.17) is 4.74 Å². The zero-order chi connectivity index (χ0) is 15.4. The highest BCUT2D eigenvalue weighted by Gasteiger charge is 2.30. The van der Waals surface area contributed by atoms with Crippen LogP contribution in [-0.2, 0) is 23.1 Å². The Morgan fingerprint density at radius 3 is 2.86 bits per heavy atom. The topological polar surface area (TPSA) is 69.0 Å². The molecule has 118 valence electrons. The van der Waals surface area contributed by atoms with Crippen molar-refractivity contribution in [3.05, 3.63) is 11.6 Å². The van der Waals surface area contributed by atoms with Gasteiger partial charge in [-0.05, 0) is 19.3 Å². The molecule has 6 nitrogen and oxygen atoms in total. The summed E-state index contributed by atoms with van der Waals surface area (Å²) in [6, 6.07) is 0. The molecule has 21 heavy (non-hydrogen) atoms. The Morgan fingerprint density at radius 2 is 2.24 bits per heavy atom. The highest BCUT2D eigenvalue weighted by Crippen LogP contribution is 2.23. The first-order valence-electron chi connectivity index (χ1n) is 7.82. The monoisotopic (exact) mass is 294 g/mol. The summed E-state index contributed by atoms with van der Waals surface area (Å²) >= 11 is 0. The Bertz CT molecular complexity index is 484. The number of hydrogen-bond donors (Lipinski definition) is 1. The van der Waals surface area contributed by atoms with E-state index in [0.717, 1.165) is 37.5 Å². The molecule has 0 radical (unpaired) electrons. The highest BCUT2D eigenvalue weighted by atomic mass is 16.5. The number of nitrogens with zero attached hydrogens (tertiary/aromatic N) is 3. The van der Waals surface area contributed by atoms with Crippen molar-refractivity contribution in [1.82, 2.24) is 20.1 Å². The van der Waals surface area contributed by atoms with E-state index in [-0.39, 0.29) is 17.9 Å². The van der Waals surface area contributed by atoms with Gasteiger partial charge in [-0.15, -0.1) is 10.2 Å². The zero-order valence-corrected chi connectivity index (χ0v) is 13.4. The van der Waals surface area contributed by atoms with Gasteiger partial charge < -0.3 is 14.6 Å². The van der Waals surface area contributed by atoms with Crippen LogP contribution in [0.3, 0.4) is 0 Å². The molecule has 1 fully saturated rings. The average molecular weight is 294 g/mol. The van der Waals surface area contributed by atoms with Gasteiger partial charge in [0, 0.05) is 19.6 Å². The normalized spacial score (nSPS) is 22.5. The number of aromatic nitrogens is 3. The van der Waals surface area contributed by atoms with Crippen molar-refractivity contribution < 1.29 is 9.53 Å². The fourth-order valence-electron chi connectivity index (χ4n) is 2.87. The maximum absolute atomic E-state index is 12.3. The van der Waals surface area contributed by atoms with Gasteiger partial charge in [-0.3, -0.25) is 4.79 Å². The smallest absolute Gasteiger partial charge is 0.226 e. The molecule has 2 atom stereocenters. The van der Waals surface area contributed by atoms with Gasteiger partial charge in [-0.1, -0.05) is 20.8 Å². The van der Waals surface area contributed by atoms with Crippen molar-refractivity contribution >= 4 is 5.91 Å². The summed E-state index contributed by atoms with van der Waals surface area (Å²) in [5.41, 5.74) is 0. The third-order valence-corrected chi connectivity index (χ3v) is 4.12. The van der Waals surface area contributed by atoms with Crippen molar-refractivity contribution in [3.8, 4) is 0 Å². The van der Waals surface area contributed by atoms with Crippen LogP contribution in [-0.4, -0.2) is 33.4 Å². The lowest BCUT2D eigenvalue weighted by Gasteiger charge is -2.30. The molecule has 1 aromatic rings. The van der Waals surface area contributed by atoms with Crippen LogP contribution in [0, 0.1) is 5.92 Å². The standard InChI is InChI=1S/C15H26N4O2/c1-5-12-11(7-6-8-21-12)15(20)16-9-13-17-18-14(10(2)3)19(13)4/h10-12H,5-9H2,1-4H3,(H,16,20)/t11-,12+/m0/s1. The molecule has 0 unspecified atom stereocenters. The minimum atomic E-state index is -0.0402. The molecule has 2 rings (SSSR count). The number of nitrogens with one attached hydrogen (secondary N) is 1. The zero-order valence-electron chi connectivity index (χ0n) is 13.4. The SMILES string of the molecule is CC[C@H]1OCCC[C@@H]1C(=O)NCc1nnc(C(C)C)n1C. The van der Waals surface area contributed by atoms with Crippen LogP contribution < -0.4 is 5.32 Å². The molecule has 1 aliphatic heterocycles. The maximum Gasteiger partial charge on any atom is 0.226 e. The van der Waals surface area contributed by atoms with Crippen molar-refractivity contribution in [2.24, 2.45) is 13.0 Å².